The summed E-state index contributed by atoms with van der Waals surface area (Å²) in [6.45, 7) is 0. The summed E-state index contributed by atoms with van der Waals surface area (Å²) in [6.07, 6.45) is 1.75. The minimum Gasteiger partial charge on any atom is -0.481 e. The number of aryl methyl sites for hydroxylation is 2. The normalized spacial score (nSPS) is 17.2. The number of hydrogen-bond acceptors (Lipinski definition) is 5. The van der Waals surface area contributed by atoms with Crippen LogP contribution in [-0.2, 0) is 33.2 Å². The number of aliphatic carboxylic acids is 1. The van der Waals surface area contributed by atoms with Gasteiger partial charge in [-0.3, -0.25) is 9.20 Å². The number of aromatic nitrogens is 2. The van der Waals surface area contributed by atoms with Gasteiger partial charge in [-0.1, -0.05) is 0 Å². The average molecular weight is 314 g/mol. The predicted octanol–water partition coefficient (Wildman–Crippen LogP) is 1.27. The number of nitrogens with zero attached hydrogens (tertiary/aromatic N) is 2. The molecule has 0 saturated carbocycles. The van der Waals surface area contributed by atoms with E-state index in [0.717, 1.165) is 22.0 Å². The second-order valence-electron chi connectivity index (χ2n) is 4.94. The molecular formula is C12H14N2O4S2. The van der Waals surface area contributed by atoms with Gasteiger partial charge in [0.25, 0.3) is 0 Å². The first-order valence-corrected chi connectivity index (χ1v) is 9.05. The van der Waals surface area contributed by atoms with Crippen molar-refractivity contribution in [2.75, 3.05) is 5.75 Å². The van der Waals surface area contributed by atoms with Gasteiger partial charge in [-0.2, -0.15) is 0 Å². The highest BCUT2D eigenvalue weighted by Gasteiger charge is 2.27. The average Bonchev–Trinajstić information content (AvgIpc) is 2.88. The minimum absolute atomic E-state index is 0.0339. The van der Waals surface area contributed by atoms with Crippen LogP contribution in [0.5, 0.6) is 0 Å². The molecule has 0 bridgehead atoms. The molecule has 0 atom stereocenters. The number of thiazole rings is 1. The van der Waals surface area contributed by atoms with Crippen LogP contribution < -0.4 is 0 Å². The molecule has 6 nitrogen and oxygen atoms in total. The fraction of sp³-hybridized carbons (Fsp3) is 0.500. The molecule has 1 aliphatic heterocycles. The summed E-state index contributed by atoms with van der Waals surface area (Å²) in [7, 11) is -3.04. The van der Waals surface area contributed by atoms with Gasteiger partial charge in [-0.05, 0) is 12.8 Å². The lowest BCUT2D eigenvalue weighted by molar-refractivity contribution is -0.137. The molecule has 0 saturated heterocycles. The van der Waals surface area contributed by atoms with Crippen LogP contribution in [0.1, 0.15) is 29.9 Å². The van der Waals surface area contributed by atoms with Crippen LogP contribution in [0.15, 0.2) is 5.38 Å². The van der Waals surface area contributed by atoms with Gasteiger partial charge in [0, 0.05) is 23.9 Å². The maximum atomic E-state index is 11.8. The van der Waals surface area contributed by atoms with E-state index in [2.05, 4.69) is 4.98 Å². The van der Waals surface area contributed by atoms with Gasteiger partial charge in [0.15, 0.2) is 14.8 Å². The van der Waals surface area contributed by atoms with Gasteiger partial charge in [-0.25, -0.2) is 13.4 Å². The molecule has 3 heterocycles. The first kappa shape index (κ1) is 13.6. The Labute approximate surface area is 120 Å². The molecule has 1 aliphatic rings. The maximum Gasteiger partial charge on any atom is 0.303 e. The molecule has 0 radical (unpaired) electrons. The van der Waals surface area contributed by atoms with Gasteiger partial charge in [0.2, 0.25) is 0 Å². The van der Waals surface area contributed by atoms with Crippen LogP contribution in [-0.4, -0.2) is 34.6 Å². The lowest BCUT2D eigenvalue weighted by Gasteiger charge is -2.12. The Morgan fingerprint density at radius 3 is 3.05 bits per heavy atom. The fourth-order valence-electron chi connectivity index (χ4n) is 2.50. The maximum absolute atomic E-state index is 11.8. The fourth-order valence-corrected chi connectivity index (χ4v) is 4.82. The van der Waals surface area contributed by atoms with E-state index in [9.17, 15) is 13.2 Å². The van der Waals surface area contributed by atoms with Crippen LogP contribution in [0.4, 0.5) is 0 Å². The quantitative estimate of drug-likeness (QED) is 0.918. The lowest BCUT2D eigenvalue weighted by atomic mass is 10.2. The topological polar surface area (TPSA) is 88.7 Å². The monoisotopic (exact) mass is 314 g/mol. The predicted molar refractivity (Wildman–Crippen MR) is 74.8 cm³/mol. The number of carbonyl (C=O) groups is 1. The third kappa shape index (κ3) is 2.45. The molecule has 0 unspecified atom stereocenters. The standard InChI is InChI=1S/C12H14N2O4S2/c15-11(16)3-1-2-8-6-19-12-13-9-4-5-20(17,18)7-10(9)14(8)12/h6H,1-5,7H2,(H,15,16). The molecule has 0 aromatic carbocycles. The van der Waals surface area contributed by atoms with E-state index in [-0.39, 0.29) is 17.9 Å². The molecule has 1 N–H and O–H groups in total. The second kappa shape index (κ2) is 4.85. The van der Waals surface area contributed by atoms with Crippen LogP contribution in [0.25, 0.3) is 4.96 Å². The van der Waals surface area contributed by atoms with Crippen molar-refractivity contribution in [3.05, 3.63) is 22.5 Å². The first-order chi connectivity index (χ1) is 9.46. The van der Waals surface area contributed by atoms with Crippen LogP contribution in [0, 0.1) is 0 Å². The molecule has 2 aromatic rings. The summed E-state index contributed by atoms with van der Waals surface area (Å²) < 4.78 is 25.5. The first-order valence-electron chi connectivity index (χ1n) is 6.35. The number of carboxylic acid groups (broad SMARTS) is 1. The Hall–Kier alpha value is -1.41. The van der Waals surface area contributed by atoms with E-state index >= 15 is 0 Å². The molecule has 0 spiro atoms. The van der Waals surface area contributed by atoms with Crippen molar-refractivity contribution in [1.29, 1.82) is 0 Å². The third-order valence-corrected chi connectivity index (χ3v) is 5.86. The largest absolute Gasteiger partial charge is 0.481 e. The minimum atomic E-state index is -3.04. The number of rotatable bonds is 4. The van der Waals surface area contributed by atoms with Crippen molar-refractivity contribution in [2.45, 2.75) is 31.4 Å². The van der Waals surface area contributed by atoms with Crippen LogP contribution in [0.3, 0.4) is 0 Å². The molecular weight excluding hydrogens is 300 g/mol. The number of fused-ring (bicyclic) bond motifs is 3. The van der Waals surface area contributed by atoms with Crippen molar-refractivity contribution >= 4 is 32.1 Å². The molecule has 20 heavy (non-hydrogen) atoms. The van der Waals surface area contributed by atoms with Crippen molar-refractivity contribution < 1.29 is 18.3 Å². The smallest absolute Gasteiger partial charge is 0.303 e. The Morgan fingerprint density at radius 1 is 1.50 bits per heavy atom. The van der Waals surface area contributed by atoms with Gasteiger partial charge in [0.05, 0.1) is 22.9 Å². The third-order valence-electron chi connectivity index (χ3n) is 3.44. The zero-order chi connectivity index (χ0) is 14.3. The Morgan fingerprint density at radius 2 is 2.30 bits per heavy atom. The zero-order valence-electron chi connectivity index (χ0n) is 10.7. The van der Waals surface area contributed by atoms with Gasteiger partial charge in [0.1, 0.15) is 0 Å². The Kier molecular flexibility index (Phi) is 3.29. The summed E-state index contributed by atoms with van der Waals surface area (Å²) >= 11 is 1.48. The number of carboxylic acids is 1. The Bertz CT molecular complexity index is 773. The molecule has 0 fully saturated rings. The second-order valence-corrected chi connectivity index (χ2v) is 7.96. The zero-order valence-corrected chi connectivity index (χ0v) is 12.3. The number of hydrogen-bond donors (Lipinski definition) is 1. The van der Waals surface area contributed by atoms with E-state index in [4.69, 9.17) is 5.11 Å². The van der Waals surface area contributed by atoms with E-state index < -0.39 is 15.8 Å². The highest BCUT2D eigenvalue weighted by Crippen LogP contribution is 2.27. The van der Waals surface area contributed by atoms with E-state index in [1.54, 1.807) is 0 Å². The number of sulfone groups is 1. The molecule has 2 aromatic heterocycles. The molecule has 3 rings (SSSR count). The molecule has 108 valence electrons. The molecule has 8 heteroatoms. The van der Waals surface area contributed by atoms with Crippen LogP contribution in [0.2, 0.25) is 0 Å². The highest BCUT2D eigenvalue weighted by atomic mass is 32.2. The van der Waals surface area contributed by atoms with Gasteiger partial charge in [-0.15, -0.1) is 11.3 Å². The van der Waals surface area contributed by atoms with Crippen molar-refractivity contribution in [2.24, 2.45) is 0 Å². The van der Waals surface area contributed by atoms with Crippen LogP contribution >= 0.6 is 11.3 Å². The number of imidazole rings is 1. The van der Waals surface area contributed by atoms with Gasteiger partial charge < -0.3 is 5.11 Å². The summed E-state index contributed by atoms with van der Waals surface area (Å²) in [6, 6.07) is 0. The molecule has 0 aliphatic carbocycles. The van der Waals surface area contributed by atoms with Crippen molar-refractivity contribution in [1.82, 2.24) is 9.38 Å². The van der Waals surface area contributed by atoms with Crippen molar-refractivity contribution in [3.8, 4) is 0 Å². The summed E-state index contributed by atoms with van der Waals surface area (Å²) in [5.41, 5.74) is 2.58. The van der Waals surface area contributed by atoms with E-state index in [1.165, 1.54) is 11.3 Å². The molecule has 0 amide bonds. The summed E-state index contributed by atoms with van der Waals surface area (Å²) in [5, 5.41) is 10.6. The Balaban J connectivity index is 1.95. The van der Waals surface area contributed by atoms with E-state index in [0.29, 0.717) is 19.3 Å². The SMILES string of the molecule is O=C(O)CCCc1csc2nc3c(n12)CS(=O)(=O)CC3. The summed E-state index contributed by atoms with van der Waals surface area (Å²) in [4.78, 5) is 15.8. The van der Waals surface area contributed by atoms with E-state index in [1.807, 2.05) is 9.78 Å². The van der Waals surface area contributed by atoms with Crippen molar-refractivity contribution in [3.63, 3.8) is 0 Å². The summed E-state index contributed by atoms with van der Waals surface area (Å²) in [5.74, 6) is -0.613. The lowest BCUT2D eigenvalue weighted by Crippen LogP contribution is -2.20. The highest BCUT2D eigenvalue weighted by molar-refractivity contribution is 7.90. The van der Waals surface area contributed by atoms with Gasteiger partial charge >= 0.3 is 5.97 Å².